The van der Waals surface area contributed by atoms with Gasteiger partial charge in [-0.05, 0) is 36.6 Å². The van der Waals surface area contributed by atoms with Crippen LogP contribution in [0.25, 0.3) is 0 Å². The van der Waals surface area contributed by atoms with Gasteiger partial charge < -0.3 is 19.8 Å². The smallest absolute Gasteiger partial charge is 0.407 e. The first-order valence-corrected chi connectivity index (χ1v) is 9.44. The summed E-state index contributed by atoms with van der Waals surface area (Å²) in [6.07, 6.45) is 0.345. The Kier molecular flexibility index (Phi) is 4.66. The summed E-state index contributed by atoms with van der Waals surface area (Å²) in [5, 5.41) is 11.4. The van der Waals surface area contributed by atoms with E-state index in [1.165, 1.54) is 4.90 Å². The summed E-state index contributed by atoms with van der Waals surface area (Å²) in [7, 11) is 0. The molecule has 1 atom stereocenters. The number of carbonyl (C=O) groups excluding carboxylic acids is 3. The molecule has 0 aromatic heterocycles. The molecule has 1 unspecified atom stereocenters. The lowest BCUT2D eigenvalue weighted by Gasteiger charge is -2.37. The lowest BCUT2D eigenvalue weighted by atomic mass is 9.94. The average molecular weight is 386 g/mol. The molecule has 1 aromatic carbocycles. The molecule has 4 rings (SSSR count). The summed E-state index contributed by atoms with van der Waals surface area (Å²) >= 11 is 0. The van der Waals surface area contributed by atoms with Crippen LogP contribution in [0, 0.1) is 0 Å². The van der Waals surface area contributed by atoms with Crippen molar-refractivity contribution >= 4 is 29.5 Å². The molecule has 28 heavy (non-hydrogen) atoms. The molecule has 148 valence electrons. The number of benzene rings is 1. The first-order valence-electron chi connectivity index (χ1n) is 9.44. The number of piperidine rings is 1. The van der Waals surface area contributed by atoms with Crippen LogP contribution < -0.4 is 10.2 Å². The van der Waals surface area contributed by atoms with Gasteiger partial charge in [-0.1, -0.05) is 0 Å². The molecule has 3 aliphatic heterocycles. The van der Waals surface area contributed by atoms with Crippen LogP contribution in [0.4, 0.5) is 10.5 Å². The van der Waals surface area contributed by atoms with Crippen LogP contribution >= 0.6 is 0 Å². The minimum atomic E-state index is -0.899. The number of rotatable bonds is 2. The fourth-order valence-electron chi connectivity index (χ4n) is 4.12. The van der Waals surface area contributed by atoms with E-state index >= 15 is 0 Å². The molecule has 3 heterocycles. The third kappa shape index (κ3) is 3.28. The van der Waals surface area contributed by atoms with Crippen molar-refractivity contribution in [2.45, 2.75) is 25.3 Å². The number of nitrogens with zero attached hydrogens (tertiary/aromatic N) is 3. The zero-order valence-electron chi connectivity index (χ0n) is 15.4. The molecule has 9 nitrogen and oxygen atoms in total. The first-order chi connectivity index (χ1) is 13.4. The van der Waals surface area contributed by atoms with E-state index in [0.29, 0.717) is 51.1 Å². The van der Waals surface area contributed by atoms with Gasteiger partial charge in [-0.25, -0.2) is 4.79 Å². The van der Waals surface area contributed by atoms with Gasteiger partial charge in [0.1, 0.15) is 6.04 Å². The molecule has 4 amide bonds. The summed E-state index contributed by atoms with van der Waals surface area (Å²) in [6, 6.07) is 5.06. The maximum absolute atomic E-state index is 12.9. The molecule has 0 radical (unpaired) electrons. The second-order valence-corrected chi connectivity index (χ2v) is 7.31. The van der Waals surface area contributed by atoms with Crippen molar-refractivity contribution in [1.82, 2.24) is 15.1 Å². The van der Waals surface area contributed by atoms with E-state index < -0.39 is 18.0 Å². The molecule has 2 fully saturated rings. The number of piperazine rings is 1. The monoisotopic (exact) mass is 386 g/mol. The van der Waals surface area contributed by atoms with Crippen LogP contribution in [0.3, 0.4) is 0 Å². The lowest BCUT2D eigenvalue weighted by molar-refractivity contribution is -0.136. The Morgan fingerprint density at radius 2 is 1.79 bits per heavy atom. The zero-order valence-corrected chi connectivity index (χ0v) is 15.4. The summed E-state index contributed by atoms with van der Waals surface area (Å²) < 4.78 is 0. The maximum Gasteiger partial charge on any atom is 0.407 e. The highest BCUT2D eigenvalue weighted by Crippen LogP contribution is 2.28. The second kappa shape index (κ2) is 7.14. The van der Waals surface area contributed by atoms with Crippen molar-refractivity contribution in [3.63, 3.8) is 0 Å². The molecule has 2 saturated heterocycles. The van der Waals surface area contributed by atoms with E-state index in [2.05, 4.69) is 10.2 Å². The Hall–Kier alpha value is -3.10. The van der Waals surface area contributed by atoms with Crippen molar-refractivity contribution in [2.75, 3.05) is 37.6 Å². The van der Waals surface area contributed by atoms with E-state index in [0.717, 1.165) is 11.3 Å². The van der Waals surface area contributed by atoms with Crippen molar-refractivity contribution in [2.24, 2.45) is 0 Å². The Balaban J connectivity index is 1.48. The third-order valence-corrected chi connectivity index (χ3v) is 5.70. The maximum atomic E-state index is 12.9. The van der Waals surface area contributed by atoms with E-state index in [1.807, 2.05) is 12.1 Å². The number of hydrogen-bond acceptors (Lipinski definition) is 5. The van der Waals surface area contributed by atoms with Gasteiger partial charge in [0.15, 0.2) is 0 Å². The normalized spacial score (nSPS) is 22.8. The van der Waals surface area contributed by atoms with Gasteiger partial charge in [0.25, 0.3) is 5.91 Å². The molecule has 2 N–H and O–H groups in total. The molecular formula is C19H22N4O5. The zero-order chi connectivity index (χ0) is 19.8. The van der Waals surface area contributed by atoms with Gasteiger partial charge in [0, 0.05) is 50.4 Å². The highest BCUT2D eigenvalue weighted by Gasteiger charge is 2.37. The SMILES string of the molecule is O=C1CCC(N2CCc3cc(N4CCN(C(=O)O)CC4)ccc3C2=O)C(=O)N1. The standard InChI is InChI=1S/C19H22N4O5/c24-16-4-3-15(17(25)20-16)23-6-5-12-11-13(1-2-14(12)18(23)26)21-7-9-22(10-8-21)19(27)28/h1-2,11,15H,3-10H2,(H,27,28)(H,20,24,25). The second-order valence-electron chi connectivity index (χ2n) is 7.31. The molecule has 9 heteroatoms. The Morgan fingerprint density at radius 1 is 1.04 bits per heavy atom. The van der Waals surface area contributed by atoms with E-state index in [9.17, 15) is 19.2 Å². The molecular weight excluding hydrogens is 364 g/mol. The van der Waals surface area contributed by atoms with Crippen molar-refractivity contribution in [1.29, 1.82) is 0 Å². The minimum absolute atomic E-state index is 0.182. The van der Waals surface area contributed by atoms with Crippen LogP contribution in [0.5, 0.6) is 0 Å². The molecule has 0 saturated carbocycles. The van der Waals surface area contributed by atoms with Gasteiger partial charge in [0.2, 0.25) is 11.8 Å². The number of nitrogens with one attached hydrogen (secondary N) is 1. The largest absolute Gasteiger partial charge is 0.465 e. The number of fused-ring (bicyclic) bond motifs is 1. The van der Waals surface area contributed by atoms with E-state index in [1.54, 1.807) is 11.0 Å². The quantitative estimate of drug-likeness (QED) is 0.707. The highest BCUT2D eigenvalue weighted by molar-refractivity contribution is 6.04. The number of carbonyl (C=O) groups is 4. The summed E-state index contributed by atoms with van der Waals surface area (Å²) in [6.45, 7) is 2.57. The molecule has 1 aromatic rings. The van der Waals surface area contributed by atoms with Gasteiger partial charge in [-0.2, -0.15) is 0 Å². The fourth-order valence-corrected chi connectivity index (χ4v) is 4.12. The first kappa shape index (κ1) is 18.3. The van der Waals surface area contributed by atoms with E-state index in [4.69, 9.17) is 5.11 Å². The molecule has 3 aliphatic rings. The summed E-state index contributed by atoms with van der Waals surface area (Å²) in [5.41, 5.74) is 2.50. The lowest BCUT2D eigenvalue weighted by Crippen LogP contribution is -2.56. The molecule has 0 bridgehead atoms. The fraction of sp³-hybridized carbons (Fsp3) is 0.474. The average Bonchev–Trinajstić information content (AvgIpc) is 2.69. The van der Waals surface area contributed by atoms with Crippen molar-refractivity contribution < 1.29 is 24.3 Å². The van der Waals surface area contributed by atoms with Crippen LogP contribution in [-0.4, -0.2) is 77.5 Å². The van der Waals surface area contributed by atoms with Gasteiger partial charge >= 0.3 is 6.09 Å². The van der Waals surface area contributed by atoms with Gasteiger partial charge in [-0.3, -0.25) is 19.7 Å². The Labute approximate surface area is 161 Å². The molecule has 0 spiro atoms. The number of carboxylic acid groups (broad SMARTS) is 1. The summed E-state index contributed by atoms with van der Waals surface area (Å²) in [5.74, 6) is -0.877. The Morgan fingerprint density at radius 3 is 2.46 bits per heavy atom. The molecule has 0 aliphatic carbocycles. The van der Waals surface area contributed by atoms with Gasteiger partial charge in [0.05, 0.1) is 0 Å². The predicted octanol–water partition coefficient (Wildman–Crippen LogP) is 0.290. The van der Waals surface area contributed by atoms with Crippen LogP contribution in [0.1, 0.15) is 28.8 Å². The topological polar surface area (TPSA) is 110 Å². The minimum Gasteiger partial charge on any atom is -0.465 e. The summed E-state index contributed by atoms with van der Waals surface area (Å²) in [4.78, 5) is 52.5. The third-order valence-electron chi connectivity index (χ3n) is 5.70. The highest BCUT2D eigenvalue weighted by atomic mass is 16.4. The van der Waals surface area contributed by atoms with Crippen LogP contribution in [-0.2, 0) is 16.0 Å². The van der Waals surface area contributed by atoms with Crippen molar-refractivity contribution in [3.8, 4) is 0 Å². The van der Waals surface area contributed by atoms with Crippen LogP contribution in [0.2, 0.25) is 0 Å². The van der Waals surface area contributed by atoms with Crippen molar-refractivity contribution in [3.05, 3.63) is 29.3 Å². The number of hydrogen-bond donors (Lipinski definition) is 2. The number of amides is 4. The van der Waals surface area contributed by atoms with E-state index in [-0.39, 0.29) is 18.2 Å². The number of anilines is 1. The van der Waals surface area contributed by atoms with Crippen LogP contribution in [0.15, 0.2) is 18.2 Å². The number of imide groups is 1. The predicted molar refractivity (Wildman–Crippen MR) is 99.2 cm³/mol. The Bertz CT molecular complexity index is 847. The van der Waals surface area contributed by atoms with Gasteiger partial charge in [-0.15, -0.1) is 0 Å².